The van der Waals surface area contributed by atoms with Gasteiger partial charge in [-0.15, -0.1) is 11.3 Å². The number of rotatable bonds is 6. The first kappa shape index (κ1) is 19.2. The molecule has 0 amide bonds. The van der Waals surface area contributed by atoms with Crippen molar-refractivity contribution in [3.05, 3.63) is 69.4 Å². The predicted octanol–water partition coefficient (Wildman–Crippen LogP) is 4.54. The van der Waals surface area contributed by atoms with Crippen LogP contribution in [0.5, 0.6) is 0 Å². The van der Waals surface area contributed by atoms with Gasteiger partial charge in [0, 0.05) is 21.5 Å². The van der Waals surface area contributed by atoms with Crippen LogP contribution in [0.3, 0.4) is 0 Å². The van der Waals surface area contributed by atoms with Crippen molar-refractivity contribution in [1.29, 1.82) is 0 Å². The summed E-state index contributed by atoms with van der Waals surface area (Å²) < 4.78 is 41.1. The van der Waals surface area contributed by atoms with Crippen LogP contribution < -0.4 is 4.72 Å². The van der Waals surface area contributed by atoms with Crippen molar-refractivity contribution < 1.29 is 12.8 Å². The zero-order valence-electron chi connectivity index (χ0n) is 13.9. The number of aromatic nitrogens is 1. The fourth-order valence-corrected chi connectivity index (χ4v) is 4.74. The second-order valence-electron chi connectivity index (χ2n) is 5.64. The average Bonchev–Trinajstić information content (AvgIpc) is 2.97. The average molecular weight is 455 g/mol. The minimum Gasteiger partial charge on any atom is -0.241 e. The predicted molar refractivity (Wildman–Crippen MR) is 105 cm³/mol. The highest BCUT2D eigenvalue weighted by Gasteiger charge is 2.15. The topological polar surface area (TPSA) is 59.1 Å². The van der Waals surface area contributed by atoms with Crippen LogP contribution in [0.2, 0.25) is 0 Å². The van der Waals surface area contributed by atoms with Crippen molar-refractivity contribution in [2.45, 2.75) is 18.2 Å². The molecule has 3 aromatic rings. The fourth-order valence-electron chi connectivity index (χ4n) is 2.37. The summed E-state index contributed by atoms with van der Waals surface area (Å²) in [7, 11) is -3.54. The third kappa shape index (κ3) is 4.56. The first-order chi connectivity index (χ1) is 12.3. The molecular weight excluding hydrogens is 439 g/mol. The number of benzene rings is 2. The number of sulfonamides is 1. The summed E-state index contributed by atoms with van der Waals surface area (Å²) in [5, 5.41) is 0.799. The molecule has 0 aliphatic carbocycles. The summed E-state index contributed by atoms with van der Waals surface area (Å²) in [4.78, 5) is 5.74. The Kier molecular flexibility index (Phi) is 5.86. The minimum atomic E-state index is -3.54. The monoisotopic (exact) mass is 454 g/mol. The molecule has 26 heavy (non-hydrogen) atoms. The Morgan fingerprint density at radius 2 is 1.77 bits per heavy atom. The van der Waals surface area contributed by atoms with E-state index in [2.05, 4.69) is 25.6 Å². The number of nitrogens with one attached hydrogen (secondary N) is 1. The lowest BCUT2D eigenvalue weighted by Gasteiger charge is -2.06. The smallest absolute Gasteiger partial charge is 0.240 e. The summed E-state index contributed by atoms with van der Waals surface area (Å²) in [6.07, 6.45) is 0.542. The molecule has 0 aliphatic heterocycles. The molecule has 8 heteroatoms. The molecular formula is C18H16BrFN2O2S2. The first-order valence-electron chi connectivity index (χ1n) is 7.82. The Bertz CT molecular complexity index is 1000. The summed E-state index contributed by atoms with van der Waals surface area (Å²) in [6.45, 7) is 2.17. The normalized spacial score (nSPS) is 11.7. The van der Waals surface area contributed by atoms with E-state index in [1.54, 1.807) is 36.4 Å². The molecule has 0 saturated carbocycles. The van der Waals surface area contributed by atoms with Crippen LogP contribution in [0.4, 0.5) is 4.39 Å². The lowest BCUT2D eigenvalue weighted by molar-refractivity contribution is 0.581. The lowest BCUT2D eigenvalue weighted by Crippen LogP contribution is -2.25. The van der Waals surface area contributed by atoms with Gasteiger partial charge in [-0.25, -0.2) is 22.5 Å². The first-order valence-corrected chi connectivity index (χ1v) is 10.9. The molecule has 0 bridgehead atoms. The SMILES string of the molecule is Cc1nc(-c2ccc(F)cc2)sc1CCNS(=O)(=O)c1ccc(Br)cc1. The highest BCUT2D eigenvalue weighted by Crippen LogP contribution is 2.28. The summed E-state index contributed by atoms with van der Waals surface area (Å²) in [6, 6.07) is 12.7. The van der Waals surface area contributed by atoms with Crippen LogP contribution in [-0.4, -0.2) is 19.9 Å². The van der Waals surface area contributed by atoms with Crippen LogP contribution in [0.15, 0.2) is 57.9 Å². The molecule has 136 valence electrons. The van der Waals surface area contributed by atoms with Gasteiger partial charge in [-0.05, 0) is 61.9 Å². The van der Waals surface area contributed by atoms with Crippen molar-refractivity contribution >= 4 is 37.3 Å². The Balaban J connectivity index is 1.66. The van der Waals surface area contributed by atoms with E-state index in [0.717, 1.165) is 25.6 Å². The summed E-state index contributed by atoms with van der Waals surface area (Å²) in [5.41, 5.74) is 1.71. The number of nitrogens with zero attached hydrogens (tertiary/aromatic N) is 1. The Hall–Kier alpha value is -1.61. The number of hydrogen-bond donors (Lipinski definition) is 1. The van der Waals surface area contributed by atoms with E-state index >= 15 is 0 Å². The molecule has 2 aromatic carbocycles. The highest BCUT2D eigenvalue weighted by molar-refractivity contribution is 9.10. The quantitative estimate of drug-likeness (QED) is 0.594. The van der Waals surface area contributed by atoms with Gasteiger partial charge < -0.3 is 0 Å². The van der Waals surface area contributed by atoms with E-state index in [1.165, 1.54) is 23.5 Å². The Morgan fingerprint density at radius 3 is 2.42 bits per heavy atom. The van der Waals surface area contributed by atoms with Crippen LogP contribution in [0, 0.1) is 12.7 Å². The van der Waals surface area contributed by atoms with Crippen LogP contribution in [-0.2, 0) is 16.4 Å². The van der Waals surface area contributed by atoms with Crippen molar-refractivity contribution in [2.24, 2.45) is 0 Å². The van der Waals surface area contributed by atoms with E-state index < -0.39 is 10.0 Å². The van der Waals surface area contributed by atoms with Crippen LogP contribution in [0.25, 0.3) is 10.6 Å². The fraction of sp³-hybridized carbons (Fsp3) is 0.167. The molecule has 0 spiro atoms. The van der Waals surface area contributed by atoms with Crippen LogP contribution >= 0.6 is 27.3 Å². The van der Waals surface area contributed by atoms with Crippen molar-refractivity contribution in [3.8, 4) is 10.6 Å². The van der Waals surface area contributed by atoms with Gasteiger partial charge in [0.1, 0.15) is 10.8 Å². The molecule has 1 aromatic heterocycles. The van der Waals surface area contributed by atoms with E-state index in [0.29, 0.717) is 6.42 Å². The molecule has 3 rings (SSSR count). The number of hydrogen-bond acceptors (Lipinski definition) is 4. The molecule has 4 nitrogen and oxygen atoms in total. The zero-order valence-corrected chi connectivity index (χ0v) is 17.1. The lowest BCUT2D eigenvalue weighted by atomic mass is 10.2. The number of thiazole rings is 1. The molecule has 0 aliphatic rings. The molecule has 0 radical (unpaired) electrons. The second-order valence-corrected chi connectivity index (χ2v) is 9.40. The van der Waals surface area contributed by atoms with E-state index in [1.807, 2.05) is 6.92 Å². The molecule has 0 fully saturated rings. The molecule has 1 N–H and O–H groups in total. The number of aryl methyl sites for hydroxylation is 1. The third-order valence-electron chi connectivity index (χ3n) is 3.75. The maximum atomic E-state index is 13.0. The van der Waals surface area contributed by atoms with Gasteiger partial charge in [0.25, 0.3) is 0 Å². The Labute approximate surface area is 164 Å². The van der Waals surface area contributed by atoms with Gasteiger partial charge in [-0.1, -0.05) is 15.9 Å². The Morgan fingerprint density at radius 1 is 1.12 bits per heavy atom. The molecule has 0 saturated heterocycles. The maximum Gasteiger partial charge on any atom is 0.240 e. The second kappa shape index (κ2) is 7.96. The minimum absolute atomic E-state index is 0.230. The van der Waals surface area contributed by atoms with Gasteiger partial charge in [0.05, 0.1) is 10.6 Å². The summed E-state index contributed by atoms with van der Waals surface area (Å²) >= 11 is 4.78. The maximum absolute atomic E-state index is 13.0. The summed E-state index contributed by atoms with van der Waals surface area (Å²) in [5.74, 6) is -0.287. The van der Waals surface area contributed by atoms with Crippen molar-refractivity contribution in [2.75, 3.05) is 6.54 Å². The molecule has 0 unspecified atom stereocenters. The van der Waals surface area contributed by atoms with Gasteiger partial charge in [-0.3, -0.25) is 0 Å². The van der Waals surface area contributed by atoms with Gasteiger partial charge in [-0.2, -0.15) is 0 Å². The van der Waals surface area contributed by atoms with Gasteiger partial charge in [0.15, 0.2) is 0 Å². The number of halogens is 2. The standard InChI is InChI=1S/C18H16BrFN2O2S2/c1-12-17(25-18(22-12)13-2-6-15(20)7-3-13)10-11-21-26(23,24)16-8-4-14(19)5-9-16/h2-9,21H,10-11H2,1H3. The third-order valence-corrected chi connectivity index (χ3v) is 7.02. The van der Waals surface area contributed by atoms with Crippen molar-refractivity contribution in [1.82, 2.24) is 9.71 Å². The van der Waals surface area contributed by atoms with Gasteiger partial charge in [0.2, 0.25) is 10.0 Å². The highest BCUT2D eigenvalue weighted by atomic mass is 79.9. The van der Waals surface area contributed by atoms with E-state index in [-0.39, 0.29) is 17.3 Å². The largest absolute Gasteiger partial charge is 0.241 e. The van der Waals surface area contributed by atoms with E-state index in [9.17, 15) is 12.8 Å². The van der Waals surface area contributed by atoms with Crippen molar-refractivity contribution in [3.63, 3.8) is 0 Å². The molecule has 1 heterocycles. The molecule has 0 atom stereocenters. The van der Waals surface area contributed by atoms with E-state index in [4.69, 9.17) is 0 Å². The van der Waals surface area contributed by atoms with Gasteiger partial charge >= 0.3 is 0 Å². The van der Waals surface area contributed by atoms with Crippen LogP contribution in [0.1, 0.15) is 10.6 Å². The zero-order chi connectivity index (χ0) is 18.7.